The van der Waals surface area contributed by atoms with E-state index in [2.05, 4.69) is 20.9 Å². The molecule has 0 atom stereocenters. The lowest BCUT2D eigenvalue weighted by Gasteiger charge is -2.26. The van der Waals surface area contributed by atoms with Crippen LogP contribution in [0, 0.1) is 0 Å². The first-order valence-corrected chi connectivity index (χ1v) is 4.92. The van der Waals surface area contributed by atoms with Crippen LogP contribution >= 0.6 is 15.9 Å². The molecule has 0 spiro atoms. The van der Waals surface area contributed by atoms with Gasteiger partial charge in [0.2, 0.25) is 0 Å². The average Bonchev–Trinajstić information content (AvgIpc) is 2.00. The van der Waals surface area contributed by atoms with E-state index in [1.54, 1.807) is 6.20 Å². The molecule has 1 heterocycles. The van der Waals surface area contributed by atoms with Crippen molar-refractivity contribution in [1.29, 1.82) is 0 Å². The molecule has 1 aromatic heterocycles. The number of halogens is 1. The van der Waals surface area contributed by atoms with Crippen molar-refractivity contribution < 1.29 is 4.74 Å². The van der Waals surface area contributed by atoms with Gasteiger partial charge in [-0.1, -0.05) is 0 Å². The SMILES string of the molecule is Brc1ccc(OC2CCC2)cn1. The van der Waals surface area contributed by atoms with E-state index in [1.807, 2.05) is 12.1 Å². The molecule has 2 nitrogen and oxygen atoms in total. The summed E-state index contributed by atoms with van der Waals surface area (Å²) in [5.74, 6) is 0.878. The van der Waals surface area contributed by atoms with Crippen molar-refractivity contribution in [3.63, 3.8) is 0 Å². The van der Waals surface area contributed by atoms with E-state index in [9.17, 15) is 0 Å². The maximum absolute atomic E-state index is 5.62. The Kier molecular flexibility index (Phi) is 2.30. The van der Waals surface area contributed by atoms with E-state index in [1.165, 1.54) is 19.3 Å². The van der Waals surface area contributed by atoms with Gasteiger partial charge in [0.15, 0.2) is 0 Å². The molecule has 12 heavy (non-hydrogen) atoms. The van der Waals surface area contributed by atoms with Gasteiger partial charge in [0, 0.05) is 0 Å². The summed E-state index contributed by atoms with van der Waals surface area (Å²) in [6.45, 7) is 0. The van der Waals surface area contributed by atoms with E-state index >= 15 is 0 Å². The highest BCUT2D eigenvalue weighted by Crippen LogP contribution is 2.24. The maximum Gasteiger partial charge on any atom is 0.138 e. The fourth-order valence-electron chi connectivity index (χ4n) is 1.11. The number of rotatable bonds is 2. The van der Waals surface area contributed by atoms with Crippen molar-refractivity contribution in [2.75, 3.05) is 0 Å². The molecule has 1 aromatic rings. The Morgan fingerprint density at radius 1 is 1.42 bits per heavy atom. The molecule has 1 saturated carbocycles. The Bertz CT molecular complexity index is 256. The van der Waals surface area contributed by atoms with Crippen LogP contribution in [-0.4, -0.2) is 11.1 Å². The van der Waals surface area contributed by atoms with Gasteiger partial charge in [0.1, 0.15) is 10.4 Å². The lowest BCUT2D eigenvalue weighted by atomic mass is 9.96. The van der Waals surface area contributed by atoms with Crippen LogP contribution in [-0.2, 0) is 0 Å². The Hall–Kier alpha value is -0.570. The quantitative estimate of drug-likeness (QED) is 0.726. The first kappa shape index (κ1) is 8.05. The smallest absolute Gasteiger partial charge is 0.138 e. The number of hydrogen-bond acceptors (Lipinski definition) is 2. The molecule has 3 heteroatoms. The van der Waals surface area contributed by atoms with E-state index in [-0.39, 0.29) is 0 Å². The molecule has 0 aliphatic heterocycles. The van der Waals surface area contributed by atoms with E-state index in [0.29, 0.717) is 6.10 Å². The molecule has 1 fully saturated rings. The van der Waals surface area contributed by atoms with Crippen molar-refractivity contribution in [3.05, 3.63) is 22.9 Å². The first-order chi connectivity index (χ1) is 5.84. The largest absolute Gasteiger partial charge is 0.489 e. The molecule has 1 aliphatic rings. The number of aromatic nitrogens is 1. The van der Waals surface area contributed by atoms with E-state index in [4.69, 9.17) is 4.74 Å². The topological polar surface area (TPSA) is 22.1 Å². The average molecular weight is 228 g/mol. The third-order valence-electron chi connectivity index (χ3n) is 2.06. The van der Waals surface area contributed by atoms with Crippen molar-refractivity contribution in [2.24, 2.45) is 0 Å². The summed E-state index contributed by atoms with van der Waals surface area (Å²) in [6.07, 6.45) is 5.87. The highest BCUT2D eigenvalue weighted by Gasteiger charge is 2.18. The second-order valence-corrected chi connectivity index (χ2v) is 3.80. The van der Waals surface area contributed by atoms with Gasteiger partial charge in [-0.2, -0.15) is 0 Å². The number of ether oxygens (including phenoxy) is 1. The predicted molar refractivity (Wildman–Crippen MR) is 50.2 cm³/mol. The Morgan fingerprint density at radius 2 is 2.25 bits per heavy atom. The lowest BCUT2D eigenvalue weighted by molar-refractivity contribution is 0.120. The summed E-state index contributed by atoms with van der Waals surface area (Å²) in [4.78, 5) is 4.08. The number of pyridine rings is 1. The van der Waals surface area contributed by atoms with Gasteiger partial charge in [0.05, 0.1) is 12.3 Å². The van der Waals surface area contributed by atoms with Gasteiger partial charge in [-0.05, 0) is 47.3 Å². The standard InChI is InChI=1S/C9H10BrNO/c10-9-5-4-8(6-11-9)12-7-2-1-3-7/h4-7H,1-3H2. The van der Waals surface area contributed by atoms with Gasteiger partial charge < -0.3 is 4.74 Å². The molecule has 0 saturated heterocycles. The van der Waals surface area contributed by atoms with Crippen molar-refractivity contribution in [2.45, 2.75) is 25.4 Å². The second-order valence-electron chi connectivity index (χ2n) is 2.99. The molecule has 0 unspecified atom stereocenters. The zero-order chi connectivity index (χ0) is 8.39. The number of nitrogens with zero attached hydrogens (tertiary/aromatic N) is 1. The van der Waals surface area contributed by atoms with Crippen LogP contribution < -0.4 is 4.74 Å². The lowest BCUT2D eigenvalue weighted by Crippen LogP contribution is -2.24. The van der Waals surface area contributed by atoms with E-state index < -0.39 is 0 Å². The maximum atomic E-state index is 5.62. The number of hydrogen-bond donors (Lipinski definition) is 0. The first-order valence-electron chi connectivity index (χ1n) is 4.13. The van der Waals surface area contributed by atoms with Gasteiger partial charge in [0.25, 0.3) is 0 Å². The van der Waals surface area contributed by atoms with Crippen LogP contribution in [0.25, 0.3) is 0 Å². The minimum absolute atomic E-state index is 0.438. The summed E-state index contributed by atoms with van der Waals surface area (Å²) in [5, 5.41) is 0. The minimum atomic E-state index is 0.438. The summed E-state index contributed by atoms with van der Waals surface area (Å²) in [6, 6.07) is 3.84. The predicted octanol–water partition coefficient (Wildman–Crippen LogP) is 2.78. The van der Waals surface area contributed by atoms with Crippen molar-refractivity contribution in [3.8, 4) is 5.75 Å². The molecular weight excluding hydrogens is 218 g/mol. The summed E-state index contributed by atoms with van der Waals surface area (Å²) in [7, 11) is 0. The Labute approximate surface area is 80.1 Å². The van der Waals surface area contributed by atoms with Crippen LogP contribution in [0.1, 0.15) is 19.3 Å². The van der Waals surface area contributed by atoms with Crippen LogP contribution in [0.4, 0.5) is 0 Å². The highest BCUT2D eigenvalue weighted by atomic mass is 79.9. The third-order valence-corrected chi connectivity index (χ3v) is 2.52. The molecule has 2 rings (SSSR count). The fourth-order valence-corrected chi connectivity index (χ4v) is 1.35. The van der Waals surface area contributed by atoms with Crippen LogP contribution in [0.5, 0.6) is 5.75 Å². The Morgan fingerprint density at radius 3 is 2.75 bits per heavy atom. The zero-order valence-electron chi connectivity index (χ0n) is 6.66. The van der Waals surface area contributed by atoms with Gasteiger partial charge >= 0.3 is 0 Å². The monoisotopic (exact) mass is 227 g/mol. The summed E-state index contributed by atoms with van der Waals surface area (Å²) >= 11 is 3.28. The second kappa shape index (κ2) is 3.44. The van der Waals surface area contributed by atoms with Crippen molar-refractivity contribution in [1.82, 2.24) is 4.98 Å². The zero-order valence-corrected chi connectivity index (χ0v) is 8.25. The van der Waals surface area contributed by atoms with E-state index in [0.717, 1.165) is 10.4 Å². The molecular formula is C9H10BrNO. The molecule has 64 valence electrons. The fraction of sp³-hybridized carbons (Fsp3) is 0.444. The minimum Gasteiger partial charge on any atom is -0.489 e. The molecule has 0 aromatic carbocycles. The van der Waals surface area contributed by atoms with Crippen LogP contribution in [0.3, 0.4) is 0 Å². The molecule has 0 radical (unpaired) electrons. The van der Waals surface area contributed by atoms with Gasteiger partial charge in [-0.25, -0.2) is 4.98 Å². The van der Waals surface area contributed by atoms with Crippen molar-refractivity contribution >= 4 is 15.9 Å². The summed E-state index contributed by atoms with van der Waals surface area (Å²) < 4.78 is 6.47. The molecule has 1 aliphatic carbocycles. The summed E-state index contributed by atoms with van der Waals surface area (Å²) in [5.41, 5.74) is 0. The third kappa shape index (κ3) is 1.78. The normalized spacial score (nSPS) is 17.1. The van der Waals surface area contributed by atoms with Crippen LogP contribution in [0.15, 0.2) is 22.9 Å². The molecule has 0 N–H and O–H groups in total. The van der Waals surface area contributed by atoms with Gasteiger partial charge in [-0.3, -0.25) is 0 Å². The molecule has 0 bridgehead atoms. The Balaban J connectivity index is 1.98. The highest BCUT2D eigenvalue weighted by molar-refractivity contribution is 9.10. The molecule has 0 amide bonds. The van der Waals surface area contributed by atoms with Gasteiger partial charge in [-0.15, -0.1) is 0 Å². The van der Waals surface area contributed by atoms with Crippen LogP contribution in [0.2, 0.25) is 0 Å².